The highest BCUT2D eigenvalue weighted by molar-refractivity contribution is 5.68. The lowest BCUT2D eigenvalue weighted by Gasteiger charge is -2.31. The Morgan fingerprint density at radius 2 is 2.06 bits per heavy atom. The third kappa shape index (κ3) is 2.97. The molecule has 0 aromatic rings. The van der Waals surface area contributed by atoms with Crippen molar-refractivity contribution in [3.63, 3.8) is 0 Å². The Hall–Kier alpha value is -0.770. The first-order valence-corrected chi connectivity index (χ1v) is 7.08. The van der Waals surface area contributed by atoms with Gasteiger partial charge in [-0.1, -0.05) is 6.42 Å². The minimum Gasteiger partial charge on any atom is -0.444 e. The number of amides is 1. The number of hydrogen-bond acceptors (Lipinski definition) is 3. The van der Waals surface area contributed by atoms with Crippen LogP contribution in [0.15, 0.2) is 0 Å². The van der Waals surface area contributed by atoms with E-state index in [0.717, 1.165) is 19.6 Å². The van der Waals surface area contributed by atoms with E-state index in [0.29, 0.717) is 17.8 Å². The van der Waals surface area contributed by atoms with E-state index >= 15 is 0 Å². The number of hydrogen-bond donors (Lipinski definition) is 1. The predicted octanol–water partition coefficient (Wildman–Crippen LogP) is 2.23. The molecule has 1 saturated heterocycles. The molecule has 2 rings (SSSR count). The van der Waals surface area contributed by atoms with E-state index in [9.17, 15) is 4.79 Å². The van der Waals surface area contributed by atoms with Gasteiger partial charge in [0.05, 0.1) is 0 Å². The first-order valence-electron chi connectivity index (χ1n) is 7.08. The Labute approximate surface area is 110 Å². The highest BCUT2D eigenvalue weighted by Gasteiger charge is 2.42. The Kier molecular flexibility index (Phi) is 3.85. The maximum atomic E-state index is 12.1. The predicted molar refractivity (Wildman–Crippen MR) is 71.2 cm³/mol. The zero-order valence-corrected chi connectivity index (χ0v) is 11.8. The van der Waals surface area contributed by atoms with Crippen LogP contribution in [0.2, 0.25) is 0 Å². The number of nitrogens with two attached hydrogens (primary N) is 1. The van der Waals surface area contributed by atoms with Gasteiger partial charge in [-0.3, -0.25) is 0 Å². The molecule has 0 aromatic heterocycles. The molecule has 1 aliphatic heterocycles. The van der Waals surface area contributed by atoms with Gasteiger partial charge in [0.2, 0.25) is 0 Å². The number of rotatable bonds is 1. The standard InChI is InChI=1S/C14H26N2O2/c1-14(2,3)18-13(17)16-8-11-6-4-5-10(7-15)12(11)9-16/h10-12H,4-9,15H2,1-3H3. The van der Waals surface area contributed by atoms with Gasteiger partial charge < -0.3 is 15.4 Å². The summed E-state index contributed by atoms with van der Waals surface area (Å²) in [4.78, 5) is 14.0. The molecule has 4 nitrogen and oxygen atoms in total. The topological polar surface area (TPSA) is 55.6 Å². The molecule has 1 saturated carbocycles. The summed E-state index contributed by atoms with van der Waals surface area (Å²) >= 11 is 0. The fourth-order valence-electron chi connectivity index (χ4n) is 3.36. The molecule has 0 bridgehead atoms. The number of likely N-dealkylation sites (tertiary alicyclic amines) is 1. The quantitative estimate of drug-likeness (QED) is 0.780. The molecule has 104 valence electrons. The molecular formula is C14H26N2O2. The summed E-state index contributed by atoms with van der Waals surface area (Å²) < 4.78 is 5.45. The van der Waals surface area contributed by atoms with Gasteiger partial charge >= 0.3 is 6.09 Å². The molecule has 0 aromatic carbocycles. The van der Waals surface area contributed by atoms with Crippen molar-refractivity contribution in [3.8, 4) is 0 Å². The van der Waals surface area contributed by atoms with E-state index in [1.165, 1.54) is 19.3 Å². The van der Waals surface area contributed by atoms with Gasteiger partial charge in [-0.2, -0.15) is 0 Å². The lowest BCUT2D eigenvalue weighted by atomic mass is 9.74. The number of carbonyl (C=O) groups excluding carboxylic acids is 1. The van der Waals surface area contributed by atoms with Crippen LogP contribution in [-0.4, -0.2) is 36.2 Å². The molecule has 0 spiro atoms. The van der Waals surface area contributed by atoms with Gasteiger partial charge in [0.15, 0.2) is 0 Å². The largest absolute Gasteiger partial charge is 0.444 e. The summed E-state index contributed by atoms with van der Waals surface area (Å²) in [5, 5.41) is 0. The first kappa shape index (κ1) is 13.7. The van der Waals surface area contributed by atoms with Crippen LogP contribution in [0.4, 0.5) is 4.79 Å². The maximum Gasteiger partial charge on any atom is 0.410 e. The van der Waals surface area contributed by atoms with Gasteiger partial charge in [-0.05, 0) is 57.9 Å². The van der Waals surface area contributed by atoms with Crippen LogP contribution in [0.25, 0.3) is 0 Å². The van der Waals surface area contributed by atoms with E-state index in [4.69, 9.17) is 10.5 Å². The van der Waals surface area contributed by atoms with Crippen LogP contribution in [0.5, 0.6) is 0 Å². The third-order valence-electron chi connectivity index (χ3n) is 4.20. The van der Waals surface area contributed by atoms with Crippen molar-refractivity contribution in [2.75, 3.05) is 19.6 Å². The molecule has 2 N–H and O–H groups in total. The number of ether oxygens (including phenoxy) is 1. The van der Waals surface area contributed by atoms with Crippen molar-refractivity contribution in [2.24, 2.45) is 23.5 Å². The SMILES string of the molecule is CC(C)(C)OC(=O)N1CC2CCCC(CN)C2C1. The van der Waals surface area contributed by atoms with Crippen molar-refractivity contribution in [3.05, 3.63) is 0 Å². The lowest BCUT2D eigenvalue weighted by molar-refractivity contribution is 0.0282. The van der Waals surface area contributed by atoms with Crippen LogP contribution < -0.4 is 5.73 Å². The van der Waals surface area contributed by atoms with Crippen LogP contribution in [0, 0.1) is 17.8 Å². The molecule has 3 atom stereocenters. The van der Waals surface area contributed by atoms with Crippen molar-refractivity contribution in [1.29, 1.82) is 0 Å². The van der Waals surface area contributed by atoms with E-state index in [2.05, 4.69) is 0 Å². The lowest BCUT2D eigenvalue weighted by Crippen LogP contribution is -2.36. The molecule has 1 amide bonds. The van der Waals surface area contributed by atoms with Crippen LogP contribution in [0.1, 0.15) is 40.0 Å². The summed E-state index contributed by atoms with van der Waals surface area (Å²) in [6, 6.07) is 0. The van der Waals surface area contributed by atoms with Gasteiger partial charge in [0.25, 0.3) is 0 Å². The fraction of sp³-hybridized carbons (Fsp3) is 0.929. The van der Waals surface area contributed by atoms with Crippen LogP contribution in [-0.2, 0) is 4.74 Å². The van der Waals surface area contributed by atoms with E-state index in [-0.39, 0.29) is 6.09 Å². The van der Waals surface area contributed by atoms with Crippen molar-refractivity contribution < 1.29 is 9.53 Å². The van der Waals surface area contributed by atoms with Crippen molar-refractivity contribution in [1.82, 2.24) is 4.90 Å². The number of nitrogens with zero attached hydrogens (tertiary/aromatic N) is 1. The monoisotopic (exact) mass is 254 g/mol. The Morgan fingerprint density at radius 3 is 2.67 bits per heavy atom. The molecule has 3 unspecified atom stereocenters. The van der Waals surface area contributed by atoms with Gasteiger partial charge in [-0.25, -0.2) is 4.79 Å². The molecule has 2 aliphatic rings. The summed E-state index contributed by atoms with van der Waals surface area (Å²) in [7, 11) is 0. The van der Waals surface area contributed by atoms with Crippen LogP contribution >= 0.6 is 0 Å². The minimum atomic E-state index is -0.405. The maximum absolute atomic E-state index is 12.1. The number of fused-ring (bicyclic) bond motifs is 1. The molecular weight excluding hydrogens is 228 g/mol. The summed E-state index contributed by atoms with van der Waals surface area (Å²) in [5.41, 5.74) is 5.44. The van der Waals surface area contributed by atoms with E-state index < -0.39 is 5.60 Å². The van der Waals surface area contributed by atoms with Gasteiger partial charge in [0, 0.05) is 13.1 Å². The molecule has 1 heterocycles. The molecule has 0 radical (unpaired) electrons. The van der Waals surface area contributed by atoms with Crippen LogP contribution in [0.3, 0.4) is 0 Å². The molecule has 18 heavy (non-hydrogen) atoms. The highest BCUT2D eigenvalue weighted by Crippen LogP contribution is 2.39. The second kappa shape index (κ2) is 5.08. The molecule has 2 fully saturated rings. The Bertz CT molecular complexity index is 311. The van der Waals surface area contributed by atoms with Crippen molar-refractivity contribution in [2.45, 2.75) is 45.6 Å². The van der Waals surface area contributed by atoms with E-state index in [1.54, 1.807) is 0 Å². The average molecular weight is 254 g/mol. The average Bonchev–Trinajstić information content (AvgIpc) is 2.70. The zero-order chi connectivity index (χ0) is 13.3. The third-order valence-corrected chi connectivity index (χ3v) is 4.20. The zero-order valence-electron chi connectivity index (χ0n) is 11.8. The second-order valence-corrected chi connectivity index (χ2v) is 6.74. The second-order valence-electron chi connectivity index (χ2n) is 6.74. The summed E-state index contributed by atoms with van der Waals surface area (Å²) in [6.45, 7) is 8.19. The van der Waals surface area contributed by atoms with Gasteiger partial charge in [0.1, 0.15) is 5.60 Å². The van der Waals surface area contributed by atoms with E-state index in [1.807, 2.05) is 25.7 Å². The highest BCUT2D eigenvalue weighted by atomic mass is 16.6. The van der Waals surface area contributed by atoms with Gasteiger partial charge in [-0.15, -0.1) is 0 Å². The Morgan fingerprint density at radius 1 is 1.33 bits per heavy atom. The number of carbonyl (C=O) groups is 1. The van der Waals surface area contributed by atoms with Crippen molar-refractivity contribution >= 4 is 6.09 Å². The minimum absolute atomic E-state index is 0.160. The first-order chi connectivity index (χ1) is 8.40. The summed E-state index contributed by atoms with van der Waals surface area (Å²) in [6.07, 6.45) is 3.55. The smallest absolute Gasteiger partial charge is 0.410 e. The fourth-order valence-corrected chi connectivity index (χ4v) is 3.36. The Balaban J connectivity index is 1.96. The normalized spacial score (nSPS) is 32.2. The molecule has 4 heteroatoms. The molecule has 1 aliphatic carbocycles. The summed E-state index contributed by atoms with van der Waals surface area (Å²) in [5.74, 6) is 1.83.